The first-order chi connectivity index (χ1) is 18.7. The molecule has 38 heavy (non-hydrogen) atoms. The summed E-state index contributed by atoms with van der Waals surface area (Å²) in [6, 6.07) is 10.4. The molecular formula is C32H42N2O4. The van der Waals surface area contributed by atoms with Crippen molar-refractivity contribution in [3.05, 3.63) is 64.0 Å². The fraction of sp³-hybridized carbons (Fsp3) is 0.500. The molecule has 6 nitrogen and oxygen atoms in total. The van der Waals surface area contributed by atoms with Gasteiger partial charge in [-0.25, -0.2) is 0 Å². The van der Waals surface area contributed by atoms with Crippen molar-refractivity contribution in [2.24, 2.45) is 0 Å². The van der Waals surface area contributed by atoms with Crippen LogP contribution in [0.3, 0.4) is 0 Å². The predicted molar refractivity (Wildman–Crippen MR) is 153 cm³/mol. The van der Waals surface area contributed by atoms with Gasteiger partial charge in [0.2, 0.25) is 0 Å². The molecule has 2 aliphatic carbocycles. The van der Waals surface area contributed by atoms with E-state index in [-0.39, 0.29) is 26.4 Å². The lowest BCUT2D eigenvalue weighted by molar-refractivity contribution is 0.197. The van der Waals surface area contributed by atoms with Crippen LogP contribution in [0.2, 0.25) is 0 Å². The maximum atomic E-state index is 9.60. The zero-order valence-corrected chi connectivity index (χ0v) is 22.9. The second-order valence-corrected chi connectivity index (χ2v) is 10.4. The molecule has 3 N–H and O–H groups in total. The van der Waals surface area contributed by atoms with Crippen LogP contribution in [0.25, 0.3) is 21.8 Å². The van der Waals surface area contributed by atoms with Gasteiger partial charge in [0, 0.05) is 46.3 Å². The Kier molecular flexibility index (Phi) is 8.42. The van der Waals surface area contributed by atoms with Crippen molar-refractivity contribution in [1.82, 2.24) is 9.13 Å². The Hall–Kier alpha value is -2.80. The second-order valence-electron chi connectivity index (χ2n) is 10.4. The van der Waals surface area contributed by atoms with Crippen molar-refractivity contribution in [3.63, 3.8) is 0 Å². The van der Waals surface area contributed by atoms with E-state index >= 15 is 0 Å². The maximum absolute atomic E-state index is 9.60. The number of rotatable bonds is 7. The van der Waals surface area contributed by atoms with E-state index in [1.807, 2.05) is 12.1 Å². The van der Waals surface area contributed by atoms with Crippen molar-refractivity contribution >= 4 is 21.8 Å². The van der Waals surface area contributed by atoms with Crippen LogP contribution in [-0.4, -0.2) is 37.7 Å². The van der Waals surface area contributed by atoms with Gasteiger partial charge in [0.15, 0.2) is 0 Å². The average molecular weight is 519 g/mol. The summed E-state index contributed by atoms with van der Waals surface area (Å²) in [5, 5.41) is 30.4. The zero-order valence-electron chi connectivity index (χ0n) is 22.9. The van der Waals surface area contributed by atoms with E-state index in [0.717, 1.165) is 48.2 Å². The fourth-order valence-corrected chi connectivity index (χ4v) is 6.67. The minimum absolute atomic E-state index is 0.0159. The molecule has 0 radical (unpaired) electrons. The summed E-state index contributed by atoms with van der Waals surface area (Å²) in [7, 11) is 0. The maximum Gasteiger partial charge on any atom is 0.134 e. The van der Waals surface area contributed by atoms with Gasteiger partial charge in [-0.15, -0.1) is 0 Å². The Morgan fingerprint density at radius 1 is 0.737 bits per heavy atom. The van der Waals surface area contributed by atoms with E-state index in [4.69, 9.17) is 9.84 Å². The van der Waals surface area contributed by atoms with Crippen LogP contribution in [0.1, 0.15) is 73.2 Å². The molecule has 2 heterocycles. The van der Waals surface area contributed by atoms with Crippen LogP contribution >= 0.6 is 0 Å². The quantitative estimate of drug-likeness (QED) is 0.305. The summed E-state index contributed by atoms with van der Waals surface area (Å²) in [5.41, 5.74) is 10.2. The van der Waals surface area contributed by atoms with Crippen LogP contribution in [0.15, 0.2) is 30.3 Å². The van der Waals surface area contributed by atoms with Crippen LogP contribution < -0.4 is 4.74 Å². The largest absolute Gasteiger partial charge is 0.490 e. The molecule has 0 unspecified atom stereocenters. The van der Waals surface area contributed by atoms with E-state index in [1.165, 1.54) is 77.5 Å². The molecule has 0 saturated heterocycles. The van der Waals surface area contributed by atoms with Gasteiger partial charge in [0.05, 0.1) is 25.3 Å². The highest BCUT2D eigenvalue weighted by molar-refractivity contribution is 5.93. The molecule has 6 heteroatoms. The summed E-state index contributed by atoms with van der Waals surface area (Å²) in [6.45, 7) is 6.73. The number of aryl methyl sites for hydroxylation is 4. The third kappa shape index (κ3) is 4.74. The van der Waals surface area contributed by atoms with Crippen LogP contribution in [0.5, 0.6) is 5.75 Å². The highest BCUT2D eigenvalue weighted by Gasteiger charge is 2.23. The van der Waals surface area contributed by atoms with Crippen molar-refractivity contribution in [2.45, 2.75) is 91.5 Å². The molecule has 0 atom stereocenters. The van der Waals surface area contributed by atoms with Gasteiger partial charge >= 0.3 is 0 Å². The lowest BCUT2D eigenvalue weighted by atomic mass is 9.94. The zero-order chi connectivity index (χ0) is 26.6. The number of aliphatic hydroxyl groups is 3. The van der Waals surface area contributed by atoms with Crippen molar-refractivity contribution in [1.29, 1.82) is 0 Å². The number of hydrogen-bond donors (Lipinski definition) is 3. The molecule has 0 saturated carbocycles. The van der Waals surface area contributed by atoms with Crippen LogP contribution in [-0.2, 0) is 52.0 Å². The number of nitrogens with zero attached hydrogens (tertiary/aromatic N) is 2. The van der Waals surface area contributed by atoms with Gasteiger partial charge in [-0.3, -0.25) is 0 Å². The highest BCUT2D eigenvalue weighted by Crippen LogP contribution is 2.40. The molecule has 204 valence electrons. The Balaban J connectivity index is 0.000000158. The molecule has 2 aromatic heterocycles. The molecule has 2 aromatic carbocycles. The first-order valence-electron chi connectivity index (χ1n) is 14.4. The van der Waals surface area contributed by atoms with E-state index in [9.17, 15) is 10.2 Å². The lowest BCUT2D eigenvalue weighted by Gasteiger charge is -2.15. The Morgan fingerprint density at radius 3 is 2.03 bits per heavy atom. The topological polar surface area (TPSA) is 79.8 Å². The third-order valence-corrected chi connectivity index (χ3v) is 8.34. The second kappa shape index (κ2) is 11.9. The van der Waals surface area contributed by atoms with Gasteiger partial charge in [0.25, 0.3) is 0 Å². The monoisotopic (exact) mass is 518 g/mol. The summed E-state index contributed by atoms with van der Waals surface area (Å²) in [4.78, 5) is 0. The molecule has 0 amide bonds. The normalized spacial score (nSPS) is 14.8. The summed E-state index contributed by atoms with van der Waals surface area (Å²) in [5.74, 6) is 0.759. The third-order valence-electron chi connectivity index (χ3n) is 8.34. The number of fused-ring (bicyclic) bond motifs is 6. The smallest absolute Gasteiger partial charge is 0.134 e. The van der Waals surface area contributed by atoms with E-state index < -0.39 is 0 Å². The summed E-state index contributed by atoms with van der Waals surface area (Å²) in [6.07, 6.45) is 9.67. The van der Waals surface area contributed by atoms with Gasteiger partial charge in [-0.2, -0.15) is 0 Å². The molecule has 0 spiro atoms. The standard InChI is InChI=1S/C17H23NO3.C15H19NO/c1-2-18-14-6-4-3-5-13(14)16-15(18)8-7-12(11-20)17(16)21-10-9-19;1-2-16-14-6-4-3-5-12(14)13-9-11(10-17)7-8-15(13)16/h7-8,19-20H,2-6,9-11H2,1H3;7-9,17H,2-6,10H2,1H3. The number of aliphatic hydroxyl groups excluding tert-OH is 3. The molecule has 2 aliphatic rings. The number of benzene rings is 2. The predicted octanol–water partition coefficient (Wildman–Crippen LogP) is 5.44. The average Bonchev–Trinajstić information content (AvgIpc) is 3.47. The first-order valence-corrected chi connectivity index (χ1v) is 14.4. The number of hydrogen-bond acceptors (Lipinski definition) is 4. The minimum atomic E-state index is -0.0389. The fourth-order valence-electron chi connectivity index (χ4n) is 6.67. The van der Waals surface area contributed by atoms with Gasteiger partial charge < -0.3 is 29.2 Å². The van der Waals surface area contributed by atoms with Crippen LogP contribution in [0, 0.1) is 0 Å². The number of aromatic nitrogens is 2. The summed E-state index contributed by atoms with van der Waals surface area (Å²) < 4.78 is 10.6. The SMILES string of the molecule is CCn1c2c(c3c(OCCO)c(CO)ccc31)CCCC2.CCn1c2c(c3cc(CO)ccc31)CCCC2. The molecule has 4 aromatic rings. The Morgan fingerprint density at radius 2 is 1.37 bits per heavy atom. The molecular weight excluding hydrogens is 476 g/mol. The van der Waals surface area contributed by atoms with Crippen molar-refractivity contribution in [3.8, 4) is 5.75 Å². The Labute approximate surface area is 225 Å². The van der Waals surface area contributed by atoms with E-state index in [2.05, 4.69) is 41.2 Å². The Bertz CT molecular complexity index is 1410. The summed E-state index contributed by atoms with van der Waals surface area (Å²) >= 11 is 0. The molecule has 0 fully saturated rings. The highest BCUT2D eigenvalue weighted by atomic mass is 16.5. The first kappa shape index (κ1) is 26.8. The van der Waals surface area contributed by atoms with E-state index in [0.29, 0.717) is 0 Å². The van der Waals surface area contributed by atoms with Crippen LogP contribution in [0.4, 0.5) is 0 Å². The minimum Gasteiger partial charge on any atom is -0.490 e. The van der Waals surface area contributed by atoms with Gasteiger partial charge in [-0.1, -0.05) is 12.1 Å². The molecule has 0 bridgehead atoms. The van der Waals surface area contributed by atoms with Crippen molar-refractivity contribution < 1.29 is 20.1 Å². The van der Waals surface area contributed by atoms with Gasteiger partial charge in [0.1, 0.15) is 12.4 Å². The number of ether oxygens (including phenoxy) is 1. The van der Waals surface area contributed by atoms with Gasteiger partial charge in [-0.05, 0) is 100 Å². The van der Waals surface area contributed by atoms with Crippen molar-refractivity contribution in [2.75, 3.05) is 13.2 Å². The van der Waals surface area contributed by atoms with E-state index in [1.54, 1.807) is 0 Å². The lowest BCUT2D eigenvalue weighted by Crippen LogP contribution is -2.07. The molecule has 0 aliphatic heterocycles. The molecule has 6 rings (SSSR count).